The molecule has 1 rings (SSSR count). The minimum atomic E-state index is -1.61. The number of rotatable bonds is 4. The number of ether oxygens (including phenoxy) is 1. The molecule has 0 amide bonds. The van der Waals surface area contributed by atoms with Gasteiger partial charge in [0.25, 0.3) is 0 Å². The molecule has 0 bridgehead atoms. The third-order valence-electron chi connectivity index (χ3n) is 3.21. The standard InChI is InChI=1S/C17H26O2Si/c1-14(19-16(18)17(2,3)4)12-13-20(5,6)15-10-8-7-9-11-15/h7-14H,1-6H3/b13-12+. The maximum atomic E-state index is 11.8. The Morgan fingerprint density at radius 3 is 2.25 bits per heavy atom. The first-order valence-corrected chi connectivity index (χ1v) is 10.2. The monoisotopic (exact) mass is 290 g/mol. The average molecular weight is 290 g/mol. The molecule has 0 fully saturated rings. The van der Waals surface area contributed by atoms with Gasteiger partial charge < -0.3 is 4.74 Å². The molecule has 0 N–H and O–H groups in total. The Balaban J connectivity index is 2.70. The van der Waals surface area contributed by atoms with Gasteiger partial charge in [-0.25, -0.2) is 0 Å². The lowest BCUT2D eigenvalue weighted by Crippen LogP contribution is -2.39. The first-order valence-electron chi connectivity index (χ1n) is 7.09. The lowest BCUT2D eigenvalue weighted by Gasteiger charge is -2.21. The average Bonchev–Trinajstić information content (AvgIpc) is 2.36. The van der Waals surface area contributed by atoms with Crippen molar-refractivity contribution in [2.75, 3.05) is 0 Å². The molecule has 0 radical (unpaired) electrons. The van der Waals surface area contributed by atoms with Gasteiger partial charge in [0.05, 0.1) is 5.41 Å². The van der Waals surface area contributed by atoms with Crippen LogP contribution in [0.4, 0.5) is 0 Å². The summed E-state index contributed by atoms with van der Waals surface area (Å²) in [5, 5.41) is 1.38. The molecule has 20 heavy (non-hydrogen) atoms. The van der Waals surface area contributed by atoms with Crippen molar-refractivity contribution in [2.24, 2.45) is 5.41 Å². The normalized spacial score (nSPS) is 14.3. The quantitative estimate of drug-likeness (QED) is 0.624. The van der Waals surface area contributed by atoms with Crippen LogP contribution in [0, 0.1) is 5.41 Å². The first-order chi connectivity index (χ1) is 9.13. The fourth-order valence-electron chi connectivity index (χ4n) is 1.72. The largest absolute Gasteiger partial charge is 0.458 e. The van der Waals surface area contributed by atoms with Crippen LogP contribution in [0.15, 0.2) is 42.1 Å². The third kappa shape index (κ3) is 4.97. The van der Waals surface area contributed by atoms with E-state index in [-0.39, 0.29) is 12.1 Å². The molecule has 0 aliphatic rings. The Kier molecular flexibility index (Phi) is 5.34. The lowest BCUT2D eigenvalue weighted by atomic mass is 9.97. The van der Waals surface area contributed by atoms with Crippen molar-refractivity contribution in [3.8, 4) is 0 Å². The van der Waals surface area contributed by atoms with E-state index in [9.17, 15) is 4.79 Å². The summed E-state index contributed by atoms with van der Waals surface area (Å²) in [5.41, 5.74) is 1.79. The number of hydrogen-bond acceptors (Lipinski definition) is 2. The molecule has 3 heteroatoms. The molecule has 1 unspecified atom stereocenters. The van der Waals surface area contributed by atoms with E-state index < -0.39 is 13.5 Å². The number of esters is 1. The summed E-state index contributed by atoms with van der Waals surface area (Å²) in [6, 6.07) is 10.5. The zero-order chi connectivity index (χ0) is 15.4. The molecule has 0 aliphatic carbocycles. The summed E-state index contributed by atoms with van der Waals surface area (Å²) >= 11 is 0. The fourth-order valence-corrected chi connectivity index (χ4v) is 3.72. The summed E-state index contributed by atoms with van der Waals surface area (Å²) < 4.78 is 5.44. The van der Waals surface area contributed by atoms with Gasteiger partial charge in [0.2, 0.25) is 0 Å². The van der Waals surface area contributed by atoms with Gasteiger partial charge in [-0.2, -0.15) is 0 Å². The second-order valence-corrected chi connectivity index (χ2v) is 11.2. The molecular weight excluding hydrogens is 264 g/mol. The van der Waals surface area contributed by atoms with Crippen molar-refractivity contribution in [3.05, 3.63) is 42.1 Å². The summed E-state index contributed by atoms with van der Waals surface area (Å²) in [5.74, 6) is -0.158. The van der Waals surface area contributed by atoms with Gasteiger partial charge in [0, 0.05) is 0 Å². The van der Waals surface area contributed by atoms with Crippen molar-refractivity contribution >= 4 is 19.2 Å². The molecule has 0 saturated heterocycles. The van der Waals surface area contributed by atoms with E-state index in [1.165, 1.54) is 5.19 Å². The van der Waals surface area contributed by atoms with Gasteiger partial charge in [0.1, 0.15) is 14.2 Å². The molecule has 1 atom stereocenters. The van der Waals surface area contributed by atoms with Crippen LogP contribution in [0.25, 0.3) is 0 Å². The Morgan fingerprint density at radius 1 is 1.20 bits per heavy atom. The van der Waals surface area contributed by atoms with E-state index in [2.05, 4.69) is 43.1 Å². The van der Waals surface area contributed by atoms with Crippen molar-refractivity contribution < 1.29 is 9.53 Å². The van der Waals surface area contributed by atoms with Crippen LogP contribution >= 0.6 is 0 Å². The van der Waals surface area contributed by atoms with Crippen LogP contribution < -0.4 is 5.19 Å². The minimum absolute atomic E-state index is 0.158. The Hall–Kier alpha value is -1.35. The number of carbonyl (C=O) groups excluding carboxylic acids is 1. The predicted octanol–water partition coefficient (Wildman–Crippen LogP) is 3.68. The molecule has 1 aromatic carbocycles. The molecular formula is C17H26O2Si. The molecule has 0 aliphatic heterocycles. The van der Waals surface area contributed by atoms with Crippen molar-refractivity contribution in [1.82, 2.24) is 0 Å². The van der Waals surface area contributed by atoms with E-state index in [0.717, 1.165) is 0 Å². The van der Waals surface area contributed by atoms with Gasteiger partial charge in [-0.05, 0) is 27.7 Å². The maximum Gasteiger partial charge on any atom is 0.311 e. The number of carbonyl (C=O) groups is 1. The van der Waals surface area contributed by atoms with E-state index in [4.69, 9.17) is 4.74 Å². The van der Waals surface area contributed by atoms with Gasteiger partial charge >= 0.3 is 5.97 Å². The Labute approximate surface area is 123 Å². The van der Waals surface area contributed by atoms with Crippen LogP contribution in [-0.2, 0) is 9.53 Å². The molecule has 1 aromatic rings. The summed E-state index contributed by atoms with van der Waals surface area (Å²) in [7, 11) is -1.61. The van der Waals surface area contributed by atoms with Crippen LogP contribution in [0.5, 0.6) is 0 Å². The second kappa shape index (κ2) is 6.40. The van der Waals surface area contributed by atoms with Crippen LogP contribution in [-0.4, -0.2) is 20.1 Å². The van der Waals surface area contributed by atoms with Gasteiger partial charge in [0.15, 0.2) is 0 Å². The van der Waals surface area contributed by atoms with E-state index in [1.807, 2.05) is 39.8 Å². The Bertz CT molecular complexity index is 470. The van der Waals surface area contributed by atoms with Crippen molar-refractivity contribution in [3.63, 3.8) is 0 Å². The third-order valence-corrected chi connectivity index (χ3v) is 6.05. The van der Waals surface area contributed by atoms with Crippen LogP contribution in [0.2, 0.25) is 13.1 Å². The first kappa shape index (κ1) is 16.7. The smallest absolute Gasteiger partial charge is 0.311 e. The maximum absolute atomic E-state index is 11.8. The van der Waals surface area contributed by atoms with E-state index in [0.29, 0.717) is 0 Å². The highest BCUT2D eigenvalue weighted by molar-refractivity contribution is 6.93. The summed E-state index contributed by atoms with van der Waals surface area (Å²) in [6.07, 6.45) is 1.83. The minimum Gasteiger partial charge on any atom is -0.458 e. The fraction of sp³-hybridized carbons (Fsp3) is 0.471. The Morgan fingerprint density at radius 2 is 1.75 bits per heavy atom. The molecule has 0 heterocycles. The van der Waals surface area contributed by atoms with E-state index >= 15 is 0 Å². The van der Waals surface area contributed by atoms with Crippen LogP contribution in [0.3, 0.4) is 0 Å². The molecule has 0 aromatic heterocycles. The topological polar surface area (TPSA) is 26.3 Å². The number of hydrogen-bond donors (Lipinski definition) is 0. The number of benzene rings is 1. The zero-order valence-corrected chi connectivity index (χ0v) is 14.4. The van der Waals surface area contributed by atoms with Gasteiger partial charge in [-0.1, -0.05) is 60.4 Å². The summed E-state index contributed by atoms with van der Waals surface area (Å²) in [6.45, 7) is 12.1. The molecule has 0 spiro atoms. The van der Waals surface area contributed by atoms with Gasteiger partial charge in [-0.3, -0.25) is 4.79 Å². The zero-order valence-electron chi connectivity index (χ0n) is 13.4. The molecule has 2 nitrogen and oxygen atoms in total. The lowest BCUT2D eigenvalue weighted by molar-refractivity contribution is -0.155. The van der Waals surface area contributed by atoms with Crippen LogP contribution in [0.1, 0.15) is 27.7 Å². The van der Waals surface area contributed by atoms with Crippen molar-refractivity contribution in [1.29, 1.82) is 0 Å². The highest BCUT2D eigenvalue weighted by Crippen LogP contribution is 2.17. The highest BCUT2D eigenvalue weighted by Gasteiger charge is 2.25. The van der Waals surface area contributed by atoms with Gasteiger partial charge in [-0.15, -0.1) is 0 Å². The summed E-state index contributed by atoms with van der Waals surface area (Å²) in [4.78, 5) is 11.8. The predicted molar refractivity (Wildman–Crippen MR) is 87.7 cm³/mol. The molecule has 0 saturated carbocycles. The highest BCUT2D eigenvalue weighted by atomic mass is 28.3. The molecule has 110 valence electrons. The second-order valence-electron chi connectivity index (χ2n) is 6.81. The van der Waals surface area contributed by atoms with Crippen molar-refractivity contribution in [2.45, 2.75) is 46.9 Å². The van der Waals surface area contributed by atoms with E-state index in [1.54, 1.807) is 0 Å². The SMILES string of the molecule is CC(/C=C/[Si](C)(C)c1ccccc1)OC(=O)C(C)(C)C.